The Morgan fingerprint density at radius 1 is 1.25 bits per heavy atom. The fourth-order valence-electron chi connectivity index (χ4n) is 1.69. The lowest BCUT2D eigenvalue weighted by atomic mass is 10.1. The highest BCUT2D eigenvalue weighted by Gasteiger charge is 2.15. The summed E-state index contributed by atoms with van der Waals surface area (Å²) >= 11 is 1.14. The average molecular weight is 314 g/mol. The standard InChI is InChI=1S/C13H15FN2O2S2/c14-12-3-1-2-10(6-12)4-5-16-20(17,18)13-7-11(8-15)9-19-13/h1-3,6-7,9,16H,4-5,8,15H2. The van der Waals surface area contributed by atoms with E-state index in [-0.39, 0.29) is 16.6 Å². The molecule has 2 rings (SSSR count). The second-order valence-electron chi connectivity index (χ2n) is 4.26. The van der Waals surface area contributed by atoms with Gasteiger partial charge in [-0.1, -0.05) is 12.1 Å². The van der Waals surface area contributed by atoms with Crippen LogP contribution in [-0.4, -0.2) is 15.0 Å². The molecule has 2 aromatic rings. The third-order valence-electron chi connectivity index (χ3n) is 2.73. The molecule has 0 radical (unpaired) electrons. The Hall–Kier alpha value is -1.28. The first-order valence-corrected chi connectivity index (χ1v) is 8.39. The van der Waals surface area contributed by atoms with E-state index in [0.29, 0.717) is 13.0 Å². The molecule has 1 aromatic carbocycles. The van der Waals surface area contributed by atoms with Gasteiger partial charge >= 0.3 is 0 Å². The van der Waals surface area contributed by atoms with Crippen molar-refractivity contribution in [2.24, 2.45) is 5.73 Å². The minimum absolute atomic E-state index is 0.224. The van der Waals surface area contributed by atoms with E-state index in [0.717, 1.165) is 22.5 Å². The largest absolute Gasteiger partial charge is 0.326 e. The van der Waals surface area contributed by atoms with Crippen LogP contribution in [0.3, 0.4) is 0 Å². The highest BCUT2D eigenvalue weighted by Crippen LogP contribution is 2.19. The van der Waals surface area contributed by atoms with E-state index in [2.05, 4.69) is 4.72 Å². The molecule has 0 amide bonds. The number of rotatable bonds is 6. The van der Waals surface area contributed by atoms with Crippen LogP contribution >= 0.6 is 11.3 Å². The first-order chi connectivity index (χ1) is 9.51. The van der Waals surface area contributed by atoms with Gasteiger partial charge in [-0.05, 0) is 41.1 Å². The monoisotopic (exact) mass is 314 g/mol. The predicted molar refractivity (Wildman–Crippen MR) is 77.5 cm³/mol. The normalized spacial score (nSPS) is 11.7. The highest BCUT2D eigenvalue weighted by atomic mass is 32.2. The van der Waals surface area contributed by atoms with E-state index in [9.17, 15) is 12.8 Å². The van der Waals surface area contributed by atoms with Crippen LogP contribution in [-0.2, 0) is 23.0 Å². The van der Waals surface area contributed by atoms with Crippen molar-refractivity contribution >= 4 is 21.4 Å². The van der Waals surface area contributed by atoms with Gasteiger partial charge in [0.25, 0.3) is 0 Å². The maximum atomic E-state index is 13.0. The SMILES string of the molecule is NCc1csc(S(=O)(=O)NCCc2cccc(F)c2)c1. The first kappa shape index (κ1) is 15.1. The second kappa shape index (κ2) is 6.45. The van der Waals surface area contributed by atoms with Crippen LogP contribution in [0.1, 0.15) is 11.1 Å². The topological polar surface area (TPSA) is 72.2 Å². The van der Waals surface area contributed by atoms with Crippen LogP contribution in [0.15, 0.2) is 39.9 Å². The van der Waals surface area contributed by atoms with Gasteiger partial charge in [-0.15, -0.1) is 11.3 Å². The molecule has 108 valence electrons. The van der Waals surface area contributed by atoms with Gasteiger partial charge in [0.15, 0.2) is 0 Å². The van der Waals surface area contributed by atoms with E-state index in [4.69, 9.17) is 5.73 Å². The molecule has 0 aliphatic rings. The predicted octanol–water partition coefficient (Wildman–Crippen LogP) is 1.87. The Morgan fingerprint density at radius 3 is 2.70 bits per heavy atom. The fraction of sp³-hybridized carbons (Fsp3) is 0.231. The minimum atomic E-state index is -3.51. The molecule has 4 nitrogen and oxygen atoms in total. The quantitative estimate of drug-likeness (QED) is 0.855. The summed E-state index contributed by atoms with van der Waals surface area (Å²) < 4.78 is 39.7. The van der Waals surface area contributed by atoms with E-state index < -0.39 is 10.0 Å². The summed E-state index contributed by atoms with van der Waals surface area (Å²) in [5.41, 5.74) is 7.00. The van der Waals surface area contributed by atoms with E-state index >= 15 is 0 Å². The Bertz CT molecular complexity index is 683. The lowest BCUT2D eigenvalue weighted by molar-refractivity contribution is 0.583. The zero-order chi connectivity index (χ0) is 14.6. The maximum Gasteiger partial charge on any atom is 0.250 e. The Balaban J connectivity index is 1.96. The number of benzene rings is 1. The molecule has 0 aliphatic carbocycles. The molecule has 0 fully saturated rings. The Kier molecular flexibility index (Phi) is 4.87. The minimum Gasteiger partial charge on any atom is -0.326 e. The molecular formula is C13H15FN2O2S2. The molecular weight excluding hydrogens is 299 g/mol. The summed E-state index contributed by atoms with van der Waals surface area (Å²) in [6.45, 7) is 0.539. The van der Waals surface area contributed by atoms with Gasteiger partial charge in [0.2, 0.25) is 10.0 Å². The van der Waals surface area contributed by atoms with Crippen molar-refractivity contribution in [2.45, 2.75) is 17.2 Å². The number of halogens is 1. The van der Waals surface area contributed by atoms with Gasteiger partial charge in [0.05, 0.1) is 0 Å². The Morgan fingerprint density at radius 2 is 2.05 bits per heavy atom. The number of nitrogens with two attached hydrogens (primary N) is 1. The van der Waals surface area contributed by atoms with Gasteiger partial charge in [0.1, 0.15) is 10.0 Å². The summed E-state index contributed by atoms with van der Waals surface area (Å²) in [6, 6.07) is 7.68. The molecule has 0 atom stereocenters. The Labute approximate surface area is 121 Å². The molecule has 0 unspecified atom stereocenters. The van der Waals surface area contributed by atoms with Crippen LogP contribution in [0.5, 0.6) is 0 Å². The van der Waals surface area contributed by atoms with Crippen molar-refractivity contribution in [3.8, 4) is 0 Å². The van der Waals surface area contributed by atoms with Crippen LogP contribution in [0.4, 0.5) is 4.39 Å². The fourth-order valence-corrected chi connectivity index (χ4v) is 3.99. The van der Waals surface area contributed by atoms with Gasteiger partial charge in [0, 0.05) is 13.1 Å². The van der Waals surface area contributed by atoms with E-state index in [1.165, 1.54) is 12.1 Å². The zero-order valence-corrected chi connectivity index (χ0v) is 12.3. The molecule has 20 heavy (non-hydrogen) atoms. The number of thiophene rings is 1. The van der Waals surface area contributed by atoms with Crippen molar-refractivity contribution in [3.05, 3.63) is 52.7 Å². The molecule has 0 saturated heterocycles. The molecule has 1 heterocycles. The van der Waals surface area contributed by atoms with Crippen molar-refractivity contribution in [1.82, 2.24) is 4.72 Å². The number of hydrogen-bond donors (Lipinski definition) is 2. The zero-order valence-electron chi connectivity index (χ0n) is 10.7. The summed E-state index contributed by atoms with van der Waals surface area (Å²) in [4.78, 5) is 0. The lowest BCUT2D eigenvalue weighted by Gasteiger charge is -2.05. The van der Waals surface area contributed by atoms with Gasteiger partial charge < -0.3 is 5.73 Å². The third-order valence-corrected chi connectivity index (χ3v) is 5.67. The molecule has 3 N–H and O–H groups in total. The van der Waals surface area contributed by atoms with Crippen LogP contribution < -0.4 is 10.5 Å². The molecule has 0 saturated carbocycles. The molecule has 0 spiro atoms. The maximum absolute atomic E-state index is 13.0. The summed E-state index contributed by atoms with van der Waals surface area (Å²) in [7, 11) is -3.51. The molecule has 0 aliphatic heterocycles. The lowest BCUT2D eigenvalue weighted by Crippen LogP contribution is -2.25. The summed E-state index contributed by atoms with van der Waals surface area (Å²) in [5, 5.41) is 1.72. The van der Waals surface area contributed by atoms with E-state index in [1.807, 2.05) is 0 Å². The van der Waals surface area contributed by atoms with Crippen LogP contribution in [0.2, 0.25) is 0 Å². The summed E-state index contributed by atoms with van der Waals surface area (Å²) in [6.07, 6.45) is 0.437. The van der Waals surface area contributed by atoms with Gasteiger partial charge in [-0.2, -0.15) is 0 Å². The van der Waals surface area contributed by atoms with Crippen LogP contribution in [0.25, 0.3) is 0 Å². The average Bonchev–Trinajstić information content (AvgIpc) is 2.88. The second-order valence-corrected chi connectivity index (χ2v) is 7.16. The molecule has 7 heteroatoms. The van der Waals surface area contributed by atoms with Crippen molar-refractivity contribution < 1.29 is 12.8 Å². The van der Waals surface area contributed by atoms with Crippen LogP contribution in [0, 0.1) is 5.82 Å². The number of hydrogen-bond acceptors (Lipinski definition) is 4. The van der Waals surface area contributed by atoms with Crippen molar-refractivity contribution in [3.63, 3.8) is 0 Å². The summed E-state index contributed by atoms with van der Waals surface area (Å²) in [5.74, 6) is -0.323. The van der Waals surface area contributed by atoms with E-state index in [1.54, 1.807) is 23.6 Å². The smallest absolute Gasteiger partial charge is 0.250 e. The third kappa shape index (κ3) is 3.86. The van der Waals surface area contributed by atoms with Crippen molar-refractivity contribution in [1.29, 1.82) is 0 Å². The van der Waals surface area contributed by atoms with Crippen molar-refractivity contribution in [2.75, 3.05) is 6.54 Å². The molecule has 0 bridgehead atoms. The highest BCUT2D eigenvalue weighted by molar-refractivity contribution is 7.91. The van der Waals surface area contributed by atoms with Gasteiger partial charge in [-0.3, -0.25) is 0 Å². The number of nitrogens with one attached hydrogen (secondary N) is 1. The van der Waals surface area contributed by atoms with Gasteiger partial charge in [-0.25, -0.2) is 17.5 Å². The molecule has 1 aromatic heterocycles. The number of sulfonamides is 1. The first-order valence-electron chi connectivity index (χ1n) is 6.03.